The van der Waals surface area contributed by atoms with Crippen LogP contribution in [0.1, 0.15) is 30.6 Å². The Kier molecular flexibility index (Phi) is 4.63. The van der Waals surface area contributed by atoms with Gasteiger partial charge in [-0.15, -0.1) is 0 Å². The summed E-state index contributed by atoms with van der Waals surface area (Å²) in [7, 11) is 0. The van der Waals surface area contributed by atoms with Crippen molar-refractivity contribution in [1.29, 1.82) is 0 Å². The second kappa shape index (κ2) is 6.47. The predicted molar refractivity (Wildman–Crippen MR) is 83.4 cm³/mol. The van der Waals surface area contributed by atoms with Crippen LogP contribution >= 0.6 is 0 Å². The Morgan fingerprint density at radius 1 is 1.39 bits per heavy atom. The molecule has 1 aromatic carbocycles. The Morgan fingerprint density at radius 3 is 2.65 bits per heavy atom. The van der Waals surface area contributed by atoms with Gasteiger partial charge in [0.05, 0.1) is 16.9 Å². The molecule has 0 aliphatic carbocycles. The van der Waals surface area contributed by atoms with Crippen molar-refractivity contribution >= 4 is 28.5 Å². The second-order valence-corrected chi connectivity index (χ2v) is 5.43. The molecule has 8 nitrogen and oxygen atoms in total. The SMILES string of the molecule is CC(C)N(CCC(=O)O)C(=O)c1c[nH]c2ccc([N+](=O)[O-])cc12. The summed E-state index contributed by atoms with van der Waals surface area (Å²) in [4.78, 5) is 38.2. The number of hydrogen-bond donors (Lipinski definition) is 2. The number of fused-ring (bicyclic) bond motifs is 1. The van der Waals surface area contributed by atoms with Gasteiger partial charge in [-0.1, -0.05) is 0 Å². The molecule has 2 aromatic rings. The number of nitrogens with zero attached hydrogens (tertiary/aromatic N) is 2. The number of hydrogen-bond acceptors (Lipinski definition) is 4. The monoisotopic (exact) mass is 319 g/mol. The van der Waals surface area contributed by atoms with Gasteiger partial charge in [0.25, 0.3) is 11.6 Å². The number of carboxylic acid groups (broad SMARTS) is 1. The molecule has 0 radical (unpaired) electrons. The van der Waals surface area contributed by atoms with Crippen molar-refractivity contribution in [3.05, 3.63) is 40.1 Å². The number of H-pyrrole nitrogens is 1. The third-order valence-corrected chi connectivity index (χ3v) is 3.56. The highest BCUT2D eigenvalue weighted by atomic mass is 16.6. The van der Waals surface area contributed by atoms with Gasteiger partial charge in [0.15, 0.2) is 0 Å². The summed E-state index contributed by atoms with van der Waals surface area (Å²) in [5.74, 6) is -1.34. The van der Waals surface area contributed by atoms with Crippen molar-refractivity contribution in [3.63, 3.8) is 0 Å². The number of carbonyl (C=O) groups is 2. The molecular formula is C15H17N3O5. The third-order valence-electron chi connectivity index (χ3n) is 3.56. The number of non-ortho nitro benzene ring substituents is 1. The van der Waals surface area contributed by atoms with Gasteiger partial charge in [0.1, 0.15) is 0 Å². The van der Waals surface area contributed by atoms with Crippen LogP contribution in [0.4, 0.5) is 5.69 Å². The maximum absolute atomic E-state index is 12.7. The quantitative estimate of drug-likeness (QED) is 0.626. The number of benzene rings is 1. The lowest BCUT2D eigenvalue weighted by Crippen LogP contribution is -2.38. The summed E-state index contributed by atoms with van der Waals surface area (Å²) in [5, 5.41) is 20.2. The largest absolute Gasteiger partial charge is 0.481 e. The lowest BCUT2D eigenvalue weighted by atomic mass is 10.1. The first kappa shape index (κ1) is 16.5. The average molecular weight is 319 g/mol. The average Bonchev–Trinajstić information content (AvgIpc) is 2.89. The Hall–Kier alpha value is -2.90. The molecule has 0 aliphatic rings. The highest BCUT2D eigenvalue weighted by Crippen LogP contribution is 2.25. The second-order valence-electron chi connectivity index (χ2n) is 5.43. The minimum Gasteiger partial charge on any atom is -0.481 e. The van der Waals surface area contributed by atoms with Crippen molar-refractivity contribution in [2.24, 2.45) is 0 Å². The van der Waals surface area contributed by atoms with Gasteiger partial charge in [0, 0.05) is 41.8 Å². The molecule has 23 heavy (non-hydrogen) atoms. The van der Waals surface area contributed by atoms with Gasteiger partial charge >= 0.3 is 5.97 Å². The normalized spacial score (nSPS) is 10.9. The van der Waals surface area contributed by atoms with Crippen LogP contribution in [0.3, 0.4) is 0 Å². The minimum atomic E-state index is -0.988. The summed E-state index contributed by atoms with van der Waals surface area (Å²) >= 11 is 0. The number of aromatic amines is 1. The molecule has 8 heteroatoms. The first-order valence-corrected chi connectivity index (χ1v) is 7.09. The lowest BCUT2D eigenvalue weighted by Gasteiger charge is -2.26. The molecule has 0 saturated carbocycles. The molecule has 1 amide bonds. The summed E-state index contributed by atoms with van der Waals surface area (Å²) in [5.41, 5.74) is 0.802. The molecule has 1 aromatic heterocycles. The van der Waals surface area contributed by atoms with Crippen molar-refractivity contribution in [1.82, 2.24) is 9.88 Å². The Balaban J connectivity index is 2.40. The van der Waals surface area contributed by atoms with Gasteiger partial charge in [-0.25, -0.2) is 0 Å². The summed E-state index contributed by atoms with van der Waals surface area (Å²) in [6.07, 6.45) is 1.33. The van der Waals surface area contributed by atoms with Gasteiger partial charge in [0.2, 0.25) is 0 Å². The molecule has 0 saturated heterocycles. The van der Waals surface area contributed by atoms with E-state index in [0.29, 0.717) is 16.5 Å². The van der Waals surface area contributed by atoms with E-state index in [2.05, 4.69) is 4.98 Å². The fourth-order valence-corrected chi connectivity index (χ4v) is 2.36. The molecular weight excluding hydrogens is 302 g/mol. The van der Waals surface area contributed by atoms with Crippen LogP contribution in [-0.2, 0) is 4.79 Å². The topological polar surface area (TPSA) is 117 Å². The fraction of sp³-hybridized carbons (Fsp3) is 0.333. The van der Waals surface area contributed by atoms with Crippen LogP contribution in [0.15, 0.2) is 24.4 Å². The minimum absolute atomic E-state index is 0.0768. The van der Waals surface area contributed by atoms with E-state index < -0.39 is 10.9 Å². The maximum atomic E-state index is 12.7. The number of aromatic nitrogens is 1. The molecule has 1 heterocycles. The smallest absolute Gasteiger partial charge is 0.305 e. The van der Waals surface area contributed by atoms with Crippen LogP contribution in [0.25, 0.3) is 10.9 Å². The van der Waals surface area contributed by atoms with Gasteiger partial charge in [-0.2, -0.15) is 0 Å². The summed E-state index contributed by atoms with van der Waals surface area (Å²) in [6.45, 7) is 3.65. The summed E-state index contributed by atoms with van der Waals surface area (Å²) in [6, 6.07) is 4.05. The summed E-state index contributed by atoms with van der Waals surface area (Å²) < 4.78 is 0. The Morgan fingerprint density at radius 2 is 2.09 bits per heavy atom. The van der Waals surface area contributed by atoms with Crippen molar-refractivity contribution in [2.75, 3.05) is 6.54 Å². The van der Waals surface area contributed by atoms with E-state index in [1.807, 2.05) is 0 Å². The fourth-order valence-electron chi connectivity index (χ4n) is 2.36. The number of carbonyl (C=O) groups excluding carboxylic acids is 1. The van der Waals surface area contributed by atoms with Crippen molar-refractivity contribution in [3.8, 4) is 0 Å². The molecule has 0 aliphatic heterocycles. The first-order valence-electron chi connectivity index (χ1n) is 7.09. The maximum Gasteiger partial charge on any atom is 0.305 e. The molecule has 2 rings (SSSR count). The number of nitro benzene ring substituents is 1. The predicted octanol–water partition coefficient (Wildman–Crippen LogP) is 2.40. The number of rotatable bonds is 6. The third kappa shape index (κ3) is 3.47. The van der Waals surface area contributed by atoms with Crippen LogP contribution in [0, 0.1) is 10.1 Å². The van der Waals surface area contributed by atoms with E-state index in [1.54, 1.807) is 19.9 Å². The van der Waals surface area contributed by atoms with Gasteiger partial charge < -0.3 is 15.0 Å². The van der Waals surface area contributed by atoms with Crippen molar-refractivity contribution in [2.45, 2.75) is 26.3 Å². The standard InChI is InChI=1S/C15H17N3O5/c1-9(2)17(6-5-14(19)20)15(21)12-8-16-13-4-3-10(18(22)23)7-11(12)13/h3-4,7-9,16H,5-6H2,1-2H3,(H,19,20). The number of nitrogens with one attached hydrogen (secondary N) is 1. The highest BCUT2D eigenvalue weighted by Gasteiger charge is 2.23. The van der Waals surface area contributed by atoms with E-state index in [9.17, 15) is 19.7 Å². The van der Waals surface area contributed by atoms with E-state index in [4.69, 9.17) is 5.11 Å². The number of nitro groups is 1. The number of amides is 1. The number of carboxylic acids is 1. The molecule has 0 bridgehead atoms. The molecule has 0 atom stereocenters. The van der Waals surface area contributed by atoms with Crippen LogP contribution in [0.5, 0.6) is 0 Å². The van der Waals surface area contributed by atoms with E-state index in [1.165, 1.54) is 23.2 Å². The molecule has 2 N–H and O–H groups in total. The highest BCUT2D eigenvalue weighted by molar-refractivity contribution is 6.07. The zero-order valence-corrected chi connectivity index (χ0v) is 12.8. The van der Waals surface area contributed by atoms with Crippen molar-refractivity contribution < 1.29 is 19.6 Å². The first-order chi connectivity index (χ1) is 10.8. The zero-order valence-electron chi connectivity index (χ0n) is 12.8. The van der Waals surface area contributed by atoms with E-state index in [0.717, 1.165) is 0 Å². The van der Waals surface area contributed by atoms with Gasteiger partial charge in [-0.05, 0) is 19.9 Å². The zero-order chi connectivity index (χ0) is 17.1. The lowest BCUT2D eigenvalue weighted by molar-refractivity contribution is -0.384. The molecule has 0 unspecified atom stereocenters. The Bertz CT molecular complexity index is 766. The van der Waals surface area contributed by atoms with E-state index in [-0.39, 0.29) is 30.6 Å². The molecule has 0 spiro atoms. The van der Waals surface area contributed by atoms with Gasteiger partial charge in [-0.3, -0.25) is 19.7 Å². The Labute approximate surface area is 131 Å². The number of aliphatic carboxylic acids is 1. The molecule has 0 fully saturated rings. The van der Waals surface area contributed by atoms with Crippen LogP contribution < -0.4 is 0 Å². The van der Waals surface area contributed by atoms with E-state index >= 15 is 0 Å². The van der Waals surface area contributed by atoms with Crippen LogP contribution in [-0.4, -0.2) is 44.4 Å². The van der Waals surface area contributed by atoms with Crippen LogP contribution in [0.2, 0.25) is 0 Å². The molecule has 122 valence electrons.